The van der Waals surface area contributed by atoms with Gasteiger partial charge in [-0.05, 0) is 43.4 Å². The van der Waals surface area contributed by atoms with Crippen LogP contribution < -0.4 is 5.73 Å². The van der Waals surface area contributed by atoms with Gasteiger partial charge in [0.2, 0.25) is 0 Å². The Hall–Kier alpha value is -0.820. The zero-order chi connectivity index (χ0) is 11.6. The molecule has 2 N–H and O–H groups in total. The van der Waals surface area contributed by atoms with Crippen molar-refractivity contribution in [2.45, 2.75) is 51.4 Å². The lowest BCUT2D eigenvalue weighted by Gasteiger charge is -2.37. The van der Waals surface area contributed by atoms with Crippen LogP contribution in [0.2, 0.25) is 0 Å². The van der Waals surface area contributed by atoms with Gasteiger partial charge < -0.3 is 5.73 Å². The lowest BCUT2D eigenvalue weighted by Crippen LogP contribution is -2.37. The number of hydrogen-bond donors (Lipinski definition) is 1. The van der Waals surface area contributed by atoms with Gasteiger partial charge in [-0.3, -0.25) is 0 Å². The average molecular weight is 217 g/mol. The zero-order valence-corrected chi connectivity index (χ0v) is 10.6. The van der Waals surface area contributed by atoms with Crippen molar-refractivity contribution in [1.29, 1.82) is 0 Å². The Morgan fingerprint density at radius 3 is 2.31 bits per heavy atom. The fourth-order valence-corrected chi connectivity index (χ4v) is 2.91. The highest BCUT2D eigenvalue weighted by atomic mass is 14.6. The van der Waals surface area contributed by atoms with Gasteiger partial charge in [-0.2, -0.15) is 0 Å². The Bertz CT molecular complexity index is 362. The molecule has 1 heteroatoms. The van der Waals surface area contributed by atoms with Crippen LogP contribution in [0.25, 0.3) is 0 Å². The molecule has 1 nitrogen and oxygen atoms in total. The maximum Gasteiger partial charge on any atom is 0.00756 e. The van der Waals surface area contributed by atoms with Gasteiger partial charge in [-0.25, -0.2) is 0 Å². The first kappa shape index (κ1) is 11.7. The molecular weight excluding hydrogens is 194 g/mol. The first-order valence-corrected chi connectivity index (χ1v) is 6.46. The highest BCUT2D eigenvalue weighted by molar-refractivity contribution is 5.35. The van der Waals surface area contributed by atoms with Crippen molar-refractivity contribution < 1.29 is 0 Å². The van der Waals surface area contributed by atoms with Gasteiger partial charge in [-0.15, -0.1) is 0 Å². The molecule has 1 aliphatic carbocycles. The number of rotatable bonds is 2. The van der Waals surface area contributed by atoms with Crippen LogP contribution in [0.4, 0.5) is 0 Å². The first-order valence-electron chi connectivity index (χ1n) is 6.46. The predicted molar refractivity (Wildman–Crippen MR) is 69.7 cm³/mol. The zero-order valence-electron chi connectivity index (χ0n) is 10.6. The van der Waals surface area contributed by atoms with Crippen molar-refractivity contribution in [2.75, 3.05) is 6.54 Å². The Kier molecular flexibility index (Phi) is 3.34. The third-order valence-corrected chi connectivity index (χ3v) is 4.32. The second-order valence-electron chi connectivity index (χ2n) is 5.34. The van der Waals surface area contributed by atoms with Gasteiger partial charge in [0.1, 0.15) is 0 Å². The summed E-state index contributed by atoms with van der Waals surface area (Å²) in [6, 6.07) is 6.89. The van der Waals surface area contributed by atoms with Crippen LogP contribution in [0, 0.1) is 13.8 Å². The van der Waals surface area contributed by atoms with E-state index in [4.69, 9.17) is 5.73 Å². The van der Waals surface area contributed by atoms with Crippen molar-refractivity contribution in [3.63, 3.8) is 0 Å². The fraction of sp³-hybridized carbons (Fsp3) is 0.600. The molecule has 88 valence electrons. The second-order valence-corrected chi connectivity index (χ2v) is 5.34. The molecule has 0 atom stereocenters. The Morgan fingerprint density at radius 2 is 1.75 bits per heavy atom. The van der Waals surface area contributed by atoms with Gasteiger partial charge in [-0.1, -0.05) is 37.5 Å². The molecule has 16 heavy (non-hydrogen) atoms. The molecule has 0 amide bonds. The molecule has 0 saturated heterocycles. The monoisotopic (exact) mass is 217 g/mol. The predicted octanol–water partition coefficient (Wildman–Crippen LogP) is 3.46. The van der Waals surface area contributed by atoms with E-state index in [1.807, 2.05) is 0 Å². The largest absolute Gasteiger partial charge is 0.330 e. The topological polar surface area (TPSA) is 26.0 Å². The van der Waals surface area contributed by atoms with E-state index >= 15 is 0 Å². The number of nitrogens with two attached hydrogens (primary N) is 1. The maximum atomic E-state index is 6.06. The molecule has 1 aromatic carbocycles. The first-order chi connectivity index (χ1) is 7.68. The Labute approximate surface area is 99.0 Å². The molecule has 2 rings (SSSR count). The van der Waals surface area contributed by atoms with Crippen LogP contribution in [0.3, 0.4) is 0 Å². The van der Waals surface area contributed by atoms with Crippen molar-refractivity contribution in [3.05, 3.63) is 34.9 Å². The van der Waals surface area contributed by atoms with Gasteiger partial charge in [0.25, 0.3) is 0 Å². The summed E-state index contributed by atoms with van der Waals surface area (Å²) in [6.45, 7) is 5.18. The van der Waals surface area contributed by atoms with E-state index in [2.05, 4.69) is 32.0 Å². The molecular formula is C15H23N. The van der Waals surface area contributed by atoms with E-state index in [1.54, 1.807) is 0 Å². The SMILES string of the molecule is Cc1ccc(C2(CN)CCCCC2)cc1C. The van der Waals surface area contributed by atoms with Crippen molar-refractivity contribution >= 4 is 0 Å². The lowest BCUT2D eigenvalue weighted by molar-refractivity contribution is 0.300. The quantitative estimate of drug-likeness (QED) is 0.806. The van der Waals surface area contributed by atoms with Gasteiger partial charge in [0.05, 0.1) is 0 Å². The number of aryl methyl sites for hydroxylation is 2. The molecule has 0 spiro atoms. The van der Waals surface area contributed by atoms with E-state index in [1.165, 1.54) is 48.8 Å². The van der Waals surface area contributed by atoms with E-state index < -0.39 is 0 Å². The van der Waals surface area contributed by atoms with Gasteiger partial charge in [0, 0.05) is 12.0 Å². The third-order valence-electron chi connectivity index (χ3n) is 4.32. The van der Waals surface area contributed by atoms with Crippen LogP contribution in [-0.4, -0.2) is 6.54 Å². The summed E-state index contributed by atoms with van der Waals surface area (Å²) in [4.78, 5) is 0. The summed E-state index contributed by atoms with van der Waals surface area (Å²) >= 11 is 0. The summed E-state index contributed by atoms with van der Waals surface area (Å²) in [7, 11) is 0. The van der Waals surface area contributed by atoms with Crippen molar-refractivity contribution in [3.8, 4) is 0 Å². The summed E-state index contributed by atoms with van der Waals surface area (Å²) in [5.74, 6) is 0. The van der Waals surface area contributed by atoms with Crippen LogP contribution in [-0.2, 0) is 5.41 Å². The maximum absolute atomic E-state index is 6.06. The van der Waals surface area contributed by atoms with E-state index in [-0.39, 0.29) is 5.41 Å². The number of hydrogen-bond acceptors (Lipinski definition) is 1. The standard InChI is InChI=1S/C15H23N/c1-12-6-7-14(10-13(12)2)15(11-16)8-4-3-5-9-15/h6-7,10H,3-5,8-9,11,16H2,1-2H3. The molecule has 0 heterocycles. The summed E-state index contributed by atoms with van der Waals surface area (Å²) in [5, 5.41) is 0. The fourth-order valence-electron chi connectivity index (χ4n) is 2.91. The molecule has 1 fully saturated rings. The smallest absolute Gasteiger partial charge is 0.00756 e. The van der Waals surface area contributed by atoms with E-state index in [9.17, 15) is 0 Å². The van der Waals surface area contributed by atoms with E-state index in [0.717, 1.165) is 6.54 Å². The van der Waals surface area contributed by atoms with Crippen molar-refractivity contribution in [1.82, 2.24) is 0 Å². The Morgan fingerprint density at radius 1 is 1.06 bits per heavy atom. The highest BCUT2D eigenvalue weighted by Crippen LogP contribution is 2.39. The molecule has 0 unspecified atom stereocenters. The second kappa shape index (κ2) is 4.58. The summed E-state index contributed by atoms with van der Waals surface area (Å²) in [6.07, 6.45) is 6.60. The Balaban J connectivity index is 2.35. The van der Waals surface area contributed by atoms with Crippen LogP contribution >= 0.6 is 0 Å². The minimum Gasteiger partial charge on any atom is -0.330 e. The molecule has 0 aliphatic heterocycles. The summed E-state index contributed by atoms with van der Waals surface area (Å²) in [5.41, 5.74) is 10.6. The minimum absolute atomic E-state index is 0.275. The molecule has 0 aromatic heterocycles. The van der Waals surface area contributed by atoms with Gasteiger partial charge >= 0.3 is 0 Å². The molecule has 0 radical (unpaired) electrons. The normalized spacial score (nSPS) is 19.7. The van der Waals surface area contributed by atoms with Crippen LogP contribution in [0.15, 0.2) is 18.2 Å². The van der Waals surface area contributed by atoms with Crippen LogP contribution in [0.1, 0.15) is 48.8 Å². The lowest BCUT2D eigenvalue weighted by atomic mass is 9.69. The van der Waals surface area contributed by atoms with Crippen molar-refractivity contribution in [2.24, 2.45) is 5.73 Å². The summed E-state index contributed by atoms with van der Waals surface area (Å²) < 4.78 is 0. The highest BCUT2D eigenvalue weighted by Gasteiger charge is 2.32. The number of benzene rings is 1. The molecule has 1 aliphatic rings. The molecule has 1 aromatic rings. The molecule has 0 bridgehead atoms. The molecule has 1 saturated carbocycles. The van der Waals surface area contributed by atoms with E-state index in [0.29, 0.717) is 0 Å². The van der Waals surface area contributed by atoms with Crippen LogP contribution in [0.5, 0.6) is 0 Å². The minimum atomic E-state index is 0.275. The average Bonchev–Trinajstić information content (AvgIpc) is 2.33. The third kappa shape index (κ3) is 2.01. The van der Waals surface area contributed by atoms with Gasteiger partial charge in [0.15, 0.2) is 0 Å².